The Balaban J connectivity index is 1.25. The second kappa shape index (κ2) is 7.88. The minimum absolute atomic E-state index is 0.325. The third-order valence-corrected chi connectivity index (χ3v) is 5.43. The summed E-state index contributed by atoms with van der Waals surface area (Å²) in [6.45, 7) is 3.74. The van der Waals surface area contributed by atoms with Crippen LogP contribution in [0.5, 0.6) is 0 Å². The highest BCUT2D eigenvalue weighted by atomic mass is 16.1. The maximum absolute atomic E-state index is 12.3. The van der Waals surface area contributed by atoms with Gasteiger partial charge in [-0.2, -0.15) is 0 Å². The first kappa shape index (κ1) is 17.0. The molecule has 0 amide bonds. The fraction of sp³-hybridized carbons (Fsp3) is 0.348. The molecule has 0 spiro atoms. The van der Waals surface area contributed by atoms with Gasteiger partial charge in [-0.15, -0.1) is 0 Å². The normalized spacial score (nSPS) is 16.2. The van der Waals surface area contributed by atoms with Crippen LogP contribution in [0.15, 0.2) is 67.0 Å². The smallest absolute Gasteiger partial charge is 0.151 e. The molecule has 0 atom stereocenters. The first-order valence-electron chi connectivity index (χ1n) is 9.59. The van der Waals surface area contributed by atoms with Crippen LogP contribution in [0.2, 0.25) is 0 Å². The Bertz CT molecular complexity index is 827. The Morgan fingerprint density at radius 2 is 1.50 bits per heavy atom. The molecule has 1 aromatic heterocycles. The van der Waals surface area contributed by atoms with Crippen molar-refractivity contribution < 1.29 is 4.79 Å². The quantitative estimate of drug-likeness (QED) is 0.669. The molecule has 3 nitrogen and oxygen atoms in total. The lowest BCUT2D eigenvalue weighted by molar-refractivity contribution is -0.119. The molecule has 1 saturated heterocycles. The van der Waals surface area contributed by atoms with E-state index in [1.807, 2.05) is 30.3 Å². The van der Waals surface area contributed by atoms with E-state index in [1.54, 1.807) is 0 Å². The van der Waals surface area contributed by atoms with Gasteiger partial charge in [-0.1, -0.05) is 54.6 Å². The van der Waals surface area contributed by atoms with Crippen LogP contribution in [-0.2, 0) is 17.8 Å². The average molecular weight is 346 g/mol. The lowest BCUT2D eigenvalue weighted by atomic mass is 9.96. The third kappa shape index (κ3) is 4.23. The van der Waals surface area contributed by atoms with Gasteiger partial charge in [0.15, 0.2) is 5.78 Å². The monoisotopic (exact) mass is 346 g/mol. The van der Waals surface area contributed by atoms with Crippen molar-refractivity contribution in [2.45, 2.75) is 25.8 Å². The van der Waals surface area contributed by atoms with Gasteiger partial charge < -0.3 is 4.57 Å². The predicted octanol–water partition coefficient (Wildman–Crippen LogP) is 4.17. The lowest BCUT2D eigenvalue weighted by Crippen LogP contribution is -2.38. The Morgan fingerprint density at radius 3 is 2.15 bits per heavy atom. The van der Waals surface area contributed by atoms with Gasteiger partial charge in [-0.25, -0.2) is 0 Å². The van der Waals surface area contributed by atoms with E-state index in [1.165, 1.54) is 23.6 Å². The lowest BCUT2D eigenvalue weighted by Gasteiger charge is -2.31. The van der Waals surface area contributed by atoms with Gasteiger partial charge in [-0.3, -0.25) is 9.69 Å². The van der Waals surface area contributed by atoms with Gasteiger partial charge in [-0.05, 0) is 48.2 Å². The highest BCUT2D eigenvalue weighted by molar-refractivity contribution is 5.83. The molecule has 134 valence electrons. The number of likely N-dealkylation sites (tertiary alicyclic amines) is 1. The van der Waals surface area contributed by atoms with Crippen molar-refractivity contribution in [1.29, 1.82) is 0 Å². The molecular weight excluding hydrogens is 320 g/mol. The summed E-state index contributed by atoms with van der Waals surface area (Å²) in [4.78, 5) is 14.6. The minimum atomic E-state index is 0.325. The topological polar surface area (TPSA) is 25.2 Å². The number of piperidine rings is 1. The summed E-state index contributed by atoms with van der Waals surface area (Å²) in [5, 5.41) is 2.63. The van der Waals surface area contributed by atoms with E-state index in [4.69, 9.17) is 0 Å². The van der Waals surface area contributed by atoms with Crippen molar-refractivity contribution in [3.05, 3.63) is 72.6 Å². The molecular formula is C23H26N2O. The van der Waals surface area contributed by atoms with Gasteiger partial charge in [0.1, 0.15) is 0 Å². The number of carbonyl (C=O) groups is 1. The molecule has 3 aromatic rings. The fourth-order valence-electron chi connectivity index (χ4n) is 4.00. The van der Waals surface area contributed by atoms with Crippen molar-refractivity contribution in [3.8, 4) is 0 Å². The molecule has 1 aliphatic rings. The van der Waals surface area contributed by atoms with E-state index in [2.05, 4.69) is 46.1 Å². The summed E-state index contributed by atoms with van der Waals surface area (Å²) in [6, 6.07) is 18.6. The van der Waals surface area contributed by atoms with Crippen LogP contribution in [-0.4, -0.2) is 34.9 Å². The van der Waals surface area contributed by atoms with Crippen molar-refractivity contribution in [2.24, 2.45) is 5.92 Å². The molecule has 1 aliphatic heterocycles. The summed E-state index contributed by atoms with van der Waals surface area (Å²) in [5.74, 6) is 1.03. The van der Waals surface area contributed by atoms with Crippen LogP contribution >= 0.6 is 0 Å². The van der Waals surface area contributed by atoms with E-state index >= 15 is 0 Å². The predicted molar refractivity (Wildman–Crippen MR) is 106 cm³/mol. The van der Waals surface area contributed by atoms with Gasteiger partial charge in [0, 0.05) is 25.4 Å². The maximum atomic E-state index is 12.3. The summed E-state index contributed by atoms with van der Waals surface area (Å²) >= 11 is 0. The maximum Gasteiger partial charge on any atom is 0.151 e. The molecule has 4 rings (SSSR count). The number of benzene rings is 2. The average Bonchev–Trinajstić information content (AvgIpc) is 3.06. The van der Waals surface area contributed by atoms with Crippen LogP contribution in [0, 0.1) is 5.92 Å². The van der Waals surface area contributed by atoms with Crippen LogP contribution in [0.4, 0.5) is 0 Å². The largest absolute Gasteiger partial charge is 0.353 e. The second-order valence-corrected chi connectivity index (χ2v) is 7.50. The van der Waals surface area contributed by atoms with E-state index in [-0.39, 0.29) is 0 Å². The standard InChI is InChI=1S/C23H26N2O/c26-23(14-19-6-2-1-3-7-19)18-24-12-10-20(11-13-24)15-25-16-21-8-4-5-9-22(21)17-25/h1-9,16-17,20H,10-15,18H2. The molecule has 2 heterocycles. The zero-order valence-corrected chi connectivity index (χ0v) is 15.2. The van der Waals surface area contributed by atoms with Crippen molar-refractivity contribution in [2.75, 3.05) is 19.6 Å². The summed E-state index contributed by atoms with van der Waals surface area (Å²) in [7, 11) is 0. The number of fused-ring (bicyclic) bond motifs is 1. The van der Waals surface area contributed by atoms with Crippen molar-refractivity contribution in [1.82, 2.24) is 9.47 Å². The molecule has 3 heteroatoms. The SMILES string of the molecule is O=C(Cc1ccccc1)CN1CCC(Cn2cc3ccccc3c2)CC1. The molecule has 0 radical (unpaired) electrons. The van der Waals surface area contributed by atoms with Gasteiger partial charge in [0.2, 0.25) is 0 Å². The molecule has 0 unspecified atom stereocenters. The van der Waals surface area contributed by atoms with Crippen molar-refractivity contribution in [3.63, 3.8) is 0 Å². The summed E-state index contributed by atoms with van der Waals surface area (Å²) in [6.07, 6.45) is 7.41. The van der Waals surface area contributed by atoms with Gasteiger partial charge in [0.25, 0.3) is 0 Å². The van der Waals surface area contributed by atoms with Crippen LogP contribution in [0.1, 0.15) is 18.4 Å². The number of hydrogen-bond donors (Lipinski definition) is 0. The number of nitrogens with zero attached hydrogens (tertiary/aromatic N) is 2. The molecule has 0 aliphatic carbocycles. The highest BCUT2D eigenvalue weighted by Gasteiger charge is 2.21. The van der Waals surface area contributed by atoms with Gasteiger partial charge >= 0.3 is 0 Å². The minimum Gasteiger partial charge on any atom is -0.353 e. The third-order valence-electron chi connectivity index (χ3n) is 5.43. The number of Topliss-reactive ketones (excluding diaryl/α,β-unsaturated/α-hetero) is 1. The van der Waals surface area contributed by atoms with Crippen molar-refractivity contribution >= 4 is 16.6 Å². The summed E-state index contributed by atoms with van der Waals surface area (Å²) < 4.78 is 2.34. The molecule has 0 bridgehead atoms. The first-order valence-corrected chi connectivity index (χ1v) is 9.59. The number of ketones is 1. The number of hydrogen-bond acceptors (Lipinski definition) is 2. The Labute approximate surface area is 155 Å². The number of rotatable bonds is 6. The molecule has 1 fully saturated rings. The van der Waals surface area contributed by atoms with E-state index in [0.29, 0.717) is 24.7 Å². The van der Waals surface area contributed by atoms with Gasteiger partial charge in [0.05, 0.1) is 6.54 Å². The Kier molecular flexibility index (Phi) is 5.16. The van der Waals surface area contributed by atoms with Crippen LogP contribution in [0.25, 0.3) is 10.8 Å². The summed E-state index contributed by atoms with van der Waals surface area (Å²) in [5.41, 5.74) is 1.12. The number of carbonyl (C=O) groups excluding carboxylic acids is 1. The Morgan fingerprint density at radius 1 is 0.885 bits per heavy atom. The van der Waals surface area contributed by atoms with E-state index in [9.17, 15) is 4.79 Å². The zero-order valence-electron chi connectivity index (χ0n) is 15.2. The molecule has 26 heavy (non-hydrogen) atoms. The highest BCUT2D eigenvalue weighted by Crippen LogP contribution is 2.22. The molecule has 0 saturated carbocycles. The van der Waals surface area contributed by atoms with E-state index < -0.39 is 0 Å². The second-order valence-electron chi connectivity index (χ2n) is 7.50. The number of aromatic nitrogens is 1. The molecule has 0 N–H and O–H groups in total. The molecule has 2 aromatic carbocycles. The van der Waals surface area contributed by atoms with Crippen LogP contribution in [0.3, 0.4) is 0 Å². The van der Waals surface area contributed by atoms with Crippen LogP contribution < -0.4 is 0 Å². The zero-order chi connectivity index (χ0) is 17.8. The fourth-order valence-corrected chi connectivity index (χ4v) is 4.00. The van der Waals surface area contributed by atoms with E-state index in [0.717, 1.165) is 25.2 Å². The first-order chi connectivity index (χ1) is 12.8. The Hall–Kier alpha value is -2.39.